The van der Waals surface area contributed by atoms with Crippen LogP contribution in [0.15, 0.2) is 0 Å². The molecule has 0 radical (unpaired) electrons. The van der Waals surface area contributed by atoms with E-state index in [0.717, 1.165) is 19.3 Å². The van der Waals surface area contributed by atoms with E-state index in [1.807, 2.05) is 0 Å². The fourth-order valence-electron chi connectivity index (χ4n) is 2.67. The molecule has 1 unspecified atom stereocenters. The maximum Gasteiger partial charge on any atom is 0.407 e. The Labute approximate surface area is 180 Å². The minimum absolute atomic E-state index is 0.126. The third-order valence-electron chi connectivity index (χ3n) is 4.32. The average molecular weight is 430 g/mol. The normalized spacial score (nSPS) is 11.3. The number of ether oxygens (including phenoxy) is 2. The molecule has 9 heteroatoms. The maximum atomic E-state index is 12.0. The smallest absolute Gasteiger partial charge is 0.407 e. The van der Waals surface area contributed by atoms with Crippen LogP contribution in [0, 0.1) is 0 Å². The second kappa shape index (κ2) is 18.7. The second-order valence-electron chi connectivity index (χ2n) is 7.04. The van der Waals surface area contributed by atoms with E-state index in [1.165, 1.54) is 25.7 Å². The van der Waals surface area contributed by atoms with Crippen molar-refractivity contribution in [1.82, 2.24) is 16.0 Å². The molecule has 1 atom stereocenters. The standard InChI is InChI=1S/C21H39N3O6/c1-4-7-8-9-10-11-12-13-14-18(25)19(26)24-15-17(30-21(28)23-6-3)16-29-20(27)22-5-2/h17H,4-16H2,1-3H3,(H,22,27)(H,23,28)(H,24,26). The molecule has 30 heavy (non-hydrogen) atoms. The summed E-state index contributed by atoms with van der Waals surface area (Å²) in [6.45, 7) is 6.04. The van der Waals surface area contributed by atoms with E-state index in [9.17, 15) is 19.2 Å². The van der Waals surface area contributed by atoms with Gasteiger partial charge in [-0.1, -0.05) is 51.9 Å². The Morgan fingerprint density at radius 3 is 1.90 bits per heavy atom. The first-order valence-corrected chi connectivity index (χ1v) is 11.1. The third kappa shape index (κ3) is 15.6. The third-order valence-corrected chi connectivity index (χ3v) is 4.32. The van der Waals surface area contributed by atoms with Crippen molar-refractivity contribution < 1.29 is 28.7 Å². The summed E-state index contributed by atoms with van der Waals surface area (Å²) in [4.78, 5) is 47.0. The molecule has 0 saturated carbocycles. The van der Waals surface area contributed by atoms with E-state index < -0.39 is 30.0 Å². The molecule has 0 aromatic heterocycles. The van der Waals surface area contributed by atoms with Gasteiger partial charge in [-0.3, -0.25) is 9.59 Å². The van der Waals surface area contributed by atoms with E-state index in [-0.39, 0.29) is 19.6 Å². The van der Waals surface area contributed by atoms with Crippen molar-refractivity contribution in [2.75, 3.05) is 26.2 Å². The molecule has 0 saturated heterocycles. The maximum absolute atomic E-state index is 12.0. The highest BCUT2D eigenvalue weighted by Gasteiger charge is 2.20. The predicted molar refractivity (Wildman–Crippen MR) is 114 cm³/mol. The SMILES string of the molecule is CCCCCCCCCCC(=O)C(=O)NCC(COC(=O)NCC)OC(=O)NCC. The molecule has 0 aliphatic rings. The number of ketones is 1. The molecule has 3 amide bonds. The van der Waals surface area contributed by atoms with E-state index in [0.29, 0.717) is 19.5 Å². The van der Waals surface area contributed by atoms with Crippen LogP contribution >= 0.6 is 0 Å². The van der Waals surface area contributed by atoms with E-state index >= 15 is 0 Å². The van der Waals surface area contributed by atoms with Crippen molar-refractivity contribution in [3.63, 3.8) is 0 Å². The van der Waals surface area contributed by atoms with Gasteiger partial charge in [-0.25, -0.2) is 9.59 Å². The Morgan fingerprint density at radius 1 is 0.733 bits per heavy atom. The molecule has 0 aliphatic carbocycles. The molecule has 0 bridgehead atoms. The molecule has 0 spiro atoms. The van der Waals surface area contributed by atoms with E-state index in [1.54, 1.807) is 13.8 Å². The Bertz CT molecular complexity index is 513. The zero-order valence-corrected chi connectivity index (χ0v) is 18.7. The summed E-state index contributed by atoms with van der Waals surface area (Å²) in [5, 5.41) is 7.37. The molecule has 0 aromatic rings. The van der Waals surface area contributed by atoms with Gasteiger partial charge in [0.25, 0.3) is 5.91 Å². The van der Waals surface area contributed by atoms with Gasteiger partial charge in [0.15, 0.2) is 6.10 Å². The molecule has 9 nitrogen and oxygen atoms in total. The summed E-state index contributed by atoms with van der Waals surface area (Å²) in [7, 11) is 0. The number of carbonyl (C=O) groups is 4. The summed E-state index contributed by atoms with van der Waals surface area (Å²) < 4.78 is 10.1. The lowest BCUT2D eigenvalue weighted by Gasteiger charge is -2.18. The monoisotopic (exact) mass is 429 g/mol. The number of hydrogen-bond acceptors (Lipinski definition) is 6. The number of carbonyl (C=O) groups excluding carboxylic acids is 4. The van der Waals surface area contributed by atoms with Gasteiger partial charge in [0.2, 0.25) is 5.78 Å². The van der Waals surface area contributed by atoms with Crippen LogP contribution in [0.1, 0.15) is 78.6 Å². The molecule has 0 rings (SSSR count). The Morgan fingerprint density at radius 2 is 1.30 bits per heavy atom. The van der Waals surface area contributed by atoms with Gasteiger partial charge in [0.1, 0.15) is 6.61 Å². The van der Waals surface area contributed by atoms with Crippen LogP contribution < -0.4 is 16.0 Å². The topological polar surface area (TPSA) is 123 Å². The number of unbranched alkanes of at least 4 members (excludes halogenated alkanes) is 7. The molecular weight excluding hydrogens is 390 g/mol. The molecule has 174 valence electrons. The number of hydrogen-bond donors (Lipinski definition) is 3. The minimum Gasteiger partial charge on any atom is -0.446 e. The van der Waals surface area contributed by atoms with E-state index in [4.69, 9.17) is 9.47 Å². The quantitative estimate of drug-likeness (QED) is 0.241. The minimum atomic E-state index is -0.904. The largest absolute Gasteiger partial charge is 0.446 e. The first-order valence-electron chi connectivity index (χ1n) is 11.1. The first kappa shape index (κ1) is 27.7. The number of nitrogens with one attached hydrogen (secondary N) is 3. The number of alkyl carbamates (subject to hydrolysis) is 2. The summed E-state index contributed by atoms with van der Waals surface area (Å²) >= 11 is 0. The highest BCUT2D eigenvalue weighted by atomic mass is 16.6. The molecule has 3 N–H and O–H groups in total. The van der Waals surface area contributed by atoms with Gasteiger partial charge in [-0.05, 0) is 20.3 Å². The lowest BCUT2D eigenvalue weighted by molar-refractivity contribution is -0.138. The Hall–Kier alpha value is -2.32. The van der Waals surface area contributed by atoms with Crippen LogP contribution in [0.3, 0.4) is 0 Å². The molecule has 0 fully saturated rings. The highest BCUT2D eigenvalue weighted by molar-refractivity contribution is 6.36. The predicted octanol–water partition coefficient (Wildman–Crippen LogP) is 3.06. The van der Waals surface area contributed by atoms with Gasteiger partial charge in [-0.2, -0.15) is 0 Å². The van der Waals surface area contributed by atoms with Crippen molar-refractivity contribution >= 4 is 23.9 Å². The molecule has 0 aliphatic heterocycles. The van der Waals surface area contributed by atoms with Crippen molar-refractivity contribution in [2.45, 2.75) is 84.7 Å². The molecule has 0 aromatic carbocycles. The fraction of sp³-hybridized carbons (Fsp3) is 0.810. The van der Waals surface area contributed by atoms with Crippen molar-refractivity contribution in [3.05, 3.63) is 0 Å². The van der Waals surface area contributed by atoms with Crippen LogP contribution in [0.2, 0.25) is 0 Å². The first-order chi connectivity index (χ1) is 14.4. The zero-order valence-electron chi connectivity index (χ0n) is 18.7. The van der Waals surface area contributed by atoms with Gasteiger partial charge in [0.05, 0.1) is 6.54 Å². The average Bonchev–Trinajstić information content (AvgIpc) is 2.71. The lowest BCUT2D eigenvalue weighted by Crippen LogP contribution is -2.43. The number of rotatable bonds is 17. The summed E-state index contributed by atoms with van der Waals surface area (Å²) in [5.41, 5.74) is 0. The number of amides is 3. The van der Waals surface area contributed by atoms with Crippen LogP contribution in [-0.2, 0) is 19.1 Å². The highest BCUT2D eigenvalue weighted by Crippen LogP contribution is 2.09. The Kier molecular flexibility index (Phi) is 17.2. The van der Waals surface area contributed by atoms with Gasteiger partial charge in [0, 0.05) is 19.5 Å². The second-order valence-corrected chi connectivity index (χ2v) is 7.04. The number of Topliss-reactive ketones (excluding diaryl/α,β-unsaturated/α-hetero) is 1. The summed E-state index contributed by atoms with van der Waals surface area (Å²) in [6, 6.07) is 0. The zero-order chi connectivity index (χ0) is 22.6. The van der Waals surface area contributed by atoms with Gasteiger partial charge >= 0.3 is 12.2 Å². The van der Waals surface area contributed by atoms with Crippen molar-refractivity contribution in [3.8, 4) is 0 Å². The fourth-order valence-corrected chi connectivity index (χ4v) is 2.67. The molecule has 0 heterocycles. The Balaban J connectivity index is 4.22. The summed E-state index contributed by atoms with van der Waals surface area (Å²) in [6.07, 6.45) is 6.72. The van der Waals surface area contributed by atoms with Gasteiger partial charge < -0.3 is 25.4 Å². The summed E-state index contributed by atoms with van der Waals surface area (Å²) in [5.74, 6) is -1.22. The van der Waals surface area contributed by atoms with Crippen LogP contribution in [-0.4, -0.2) is 56.2 Å². The van der Waals surface area contributed by atoms with Crippen molar-refractivity contribution in [1.29, 1.82) is 0 Å². The lowest BCUT2D eigenvalue weighted by atomic mass is 10.1. The van der Waals surface area contributed by atoms with Crippen LogP contribution in [0.5, 0.6) is 0 Å². The molecular formula is C21H39N3O6. The van der Waals surface area contributed by atoms with Crippen molar-refractivity contribution in [2.24, 2.45) is 0 Å². The van der Waals surface area contributed by atoms with Crippen LogP contribution in [0.4, 0.5) is 9.59 Å². The van der Waals surface area contributed by atoms with Gasteiger partial charge in [-0.15, -0.1) is 0 Å². The van der Waals surface area contributed by atoms with Crippen LogP contribution in [0.25, 0.3) is 0 Å². The van der Waals surface area contributed by atoms with E-state index in [2.05, 4.69) is 22.9 Å².